The standard InChI is InChI=1S/C75H91N9O15SSi/c1-47-31-38-52(39-32-47)100(95,96)83-72(76)77-41-19-29-60(80-68(89)63-30-20-42-84(63)73(94)97-46-59-55-25-15-13-23-53(55)54-24-14-16-26-56(54)59)65(86)69(90)81-61(44-48-21-11-10-12-22-48)67(88)79-50(43-49-33-36-51(37-34-49)99-101(8,9)75(5,6)7)35-40-64(85)78-45-62(71(93)98-74(2,3)4)82-66(87)57-27-17-18-28-58(57)70(91)92/h10-18,21-28,31-40,50,59-63,65,86H,19-20,29-30,41-46H2,1-9H3,(H,78,85)(H,79,88)(H,80,89)(H,81,90)(H,82,87)(H,91,92)(H3,76,77,83)/b40-35+/t50-,60+,61-,62?,63+,65?/m1/s1. The molecule has 0 saturated carbocycles. The van der Waals surface area contributed by atoms with Crippen LogP contribution in [-0.2, 0) is 56.3 Å². The van der Waals surface area contributed by atoms with Gasteiger partial charge in [0.1, 0.15) is 36.1 Å². The molecule has 2 aliphatic rings. The summed E-state index contributed by atoms with van der Waals surface area (Å²) in [5, 5.41) is 35.5. The van der Waals surface area contributed by atoms with Gasteiger partial charge in [0.25, 0.3) is 21.8 Å². The van der Waals surface area contributed by atoms with Crippen LogP contribution in [0.15, 0.2) is 174 Å². The van der Waals surface area contributed by atoms with Gasteiger partial charge >= 0.3 is 18.0 Å². The number of ether oxygens (including phenoxy) is 2. The highest BCUT2D eigenvalue weighted by Crippen LogP contribution is 2.45. The maximum absolute atomic E-state index is 15.0. The first-order valence-electron chi connectivity index (χ1n) is 33.5. The third-order valence-electron chi connectivity index (χ3n) is 17.8. The number of nitrogens with two attached hydrogens (primary N) is 1. The number of nitrogens with one attached hydrogen (secondary N) is 6. The number of aryl methyl sites for hydroxylation is 1. The topological polar surface area (TPSA) is 353 Å². The summed E-state index contributed by atoms with van der Waals surface area (Å²) in [6.07, 6.45) is 0.151. The van der Waals surface area contributed by atoms with Crippen molar-refractivity contribution in [3.05, 3.63) is 203 Å². The van der Waals surface area contributed by atoms with Gasteiger partial charge < -0.3 is 56.4 Å². The molecular formula is C75H91N9O15SSi. The minimum atomic E-state index is -4.13. The summed E-state index contributed by atoms with van der Waals surface area (Å²) in [4.78, 5) is 117. The van der Waals surface area contributed by atoms with Crippen LogP contribution in [0.2, 0.25) is 18.1 Å². The average Bonchev–Trinajstić information content (AvgIpc) is 1.62. The first-order chi connectivity index (χ1) is 47.8. The number of nitrogens with zero attached hydrogens (tertiary/aromatic N) is 2. The minimum absolute atomic E-state index is 0.00954. The molecule has 0 aromatic heterocycles. The molecule has 1 aliphatic heterocycles. The molecule has 6 amide bonds. The Balaban J connectivity index is 1.03. The highest BCUT2D eigenvalue weighted by Gasteiger charge is 2.41. The second-order valence-corrected chi connectivity index (χ2v) is 34.0. The molecule has 2 unspecified atom stereocenters. The predicted octanol–water partition coefficient (Wildman–Crippen LogP) is 7.98. The predicted molar refractivity (Wildman–Crippen MR) is 385 cm³/mol. The van der Waals surface area contributed by atoms with E-state index in [4.69, 9.17) is 19.6 Å². The highest BCUT2D eigenvalue weighted by atomic mass is 32.2. The molecule has 1 saturated heterocycles. The molecule has 6 atom stereocenters. The summed E-state index contributed by atoms with van der Waals surface area (Å²) in [5.74, 6) is -6.64. The number of aliphatic imine (C=N–C) groups is 1. The Morgan fingerprint density at radius 1 is 0.723 bits per heavy atom. The number of sulfonamides is 1. The fraction of sp³-hybridized carbons (Fsp3) is 0.373. The summed E-state index contributed by atoms with van der Waals surface area (Å²) in [6.45, 7) is 16.7. The molecule has 1 heterocycles. The third kappa shape index (κ3) is 21.2. The van der Waals surface area contributed by atoms with Crippen LogP contribution in [0.5, 0.6) is 5.75 Å². The van der Waals surface area contributed by atoms with Crippen LogP contribution < -0.4 is 41.5 Å². The number of esters is 1. The van der Waals surface area contributed by atoms with Gasteiger partial charge in [-0.15, -0.1) is 0 Å². The lowest BCUT2D eigenvalue weighted by Crippen LogP contribution is -2.58. The number of aromatic carboxylic acids is 1. The van der Waals surface area contributed by atoms with Gasteiger partial charge in [-0.25, -0.2) is 27.5 Å². The molecule has 8 rings (SSSR count). The van der Waals surface area contributed by atoms with Crippen LogP contribution in [0.3, 0.4) is 0 Å². The summed E-state index contributed by atoms with van der Waals surface area (Å²) < 4.78 is 46.7. The third-order valence-corrected chi connectivity index (χ3v) is 23.5. The van der Waals surface area contributed by atoms with E-state index in [0.717, 1.165) is 33.9 Å². The largest absolute Gasteiger partial charge is 0.544 e. The molecular weight excluding hydrogens is 1330 g/mol. The molecule has 26 heteroatoms. The first kappa shape index (κ1) is 76.6. The van der Waals surface area contributed by atoms with Crippen LogP contribution in [0.4, 0.5) is 4.79 Å². The second kappa shape index (κ2) is 33.8. The van der Waals surface area contributed by atoms with Crippen molar-refractivity contribution in [2.24, 2.45) is 10.7 Å². The second-order valence-electron chi connectivity index (χ2n) is 27.6. The minimum Gasteiger partial charge on any atom is -0.544 e. The van der Waals surface area contributed by atoms with Gasteiger partial charge in [-0.2, -0.15) is 0 Å². The number of aliphatic hydroxyl groups is 1. The Hall–Kier alpha value is -10.2. The van der Waals surface area contributed by atoms with E-state index >= 15 is 4.79 Å². The number of amides is 6. The molecule has 0 radical (unpaired) electrons. The number of carbonyl (C=O) groups excluding carboxylic acids is 7. The number of fused-ring (bicyclic) bond motifs is 3. The zero-order valence-electron chi connectivity index (χ0n) is 58.3. The summed E-state index contributed by atoms with van der Waals surface area (Å²) in [7, 11) is -6.40. The molecule has 24 nitrogen and oxygen atoms in total. The lowest BCUT2D eigenvalue weighted by atomic mass is 9.98. The summed E-state index contributed by atoms with van der Waals surface area (Å²) >= 11 is 0. The fourth-order valence-corrected chi connectivity index (χ4v) is 13.4. The van der Waals surface area contributed by atoms with Crippen LogP contribution in [0, 0.1) is 6.92 Å². The van der Waals surface area contributed by atoms with Crippen LogP contribution in [-0.4, -0.2) is 154 Å². The maximum Gasteiger partial charge on any atom is 0.410 e. The van der Waals surface area contributed by atoms with E-state index in [0.29, 0.717) is 23.3 Å². The smallest absolute Gasteiger partial charge is 0.410 e. The molecule has 536 valence electrons. The number of guanidine groups is 1. The van der Waals surface area contributed by atoms with E-state index in [1.807, 2.05) is 60.7 Å². The Morgan fingerprint density at radius 2 is 1.33 bits per heavy atom. The Labute approximate surface area is 590 Å². The summed E-state index contributed by atoms with van der Waals surface area (Å²) in [6, 6.07) is 36.7. The van der Waals surface area contributed by atoms with Crippen LogP contribution >= 0.6 is 0 Å². The lowest BCUT2D eigenvalue weighted by Gasteiger charge is -2.36. The van der Waals surface area contributed by atoms with Crippen molar-refractivity contribution >= 4 is 71.9 Å². The zero-order chi connectivity index (χ0) is 73.4. The number of benzene rings is 6. The maximum atomic E-state index is 15.0. The van der Waals surface area contributed by atoms with E-state index in [-0.39, 0.29) is 78.8 Å². The van der Waals surface area contributed by atoms with Gasteiger partial charge in [0.05, 0.1) is 28.1 Å². The normalized spacial score (nSPS) is 15.5. The number of carboxylic acids is 1. The number of carboxylic acid groups (broad SMARTS) is 1. The average molecular weight is 1420 g/mol. The van der Waals surface area contributed by atoms with Gasteiger partial charge in [-0.3, -0.25) is 33.9 Å². The number of aliphatic hydroxyl groups excluding tert-OH is 1. The fourth-order valence-electron chi connectivity index (χ4n) is 11.5. The lowest BCUT2D eigenvalue weighted by molar-refractivity contribution is -0.157. The molecule has 6 aromatic rings. The zero-order valence-corrected chi connectivity index (χ0v) is 60.1. The van der Waals surface area contributed by atoms with Gasteiger partial charge in [-0.05, 0) is 148 Å². The number of likely N-dealkylation sites (tertiary alicyclic amines) is 1. The van der Waals surface area contributed by atoms with E-state index in [2.05, 4.69) is 70.2 Å². The van der Waals surface area contributed by atoms with Crippen molar-refractivity contribution in [2.45, 2.75) is 158 Å². The molecule has 0 bridgehead atoms. The van der Waals surface area contributed by atoms with Crippen molar-refractivity contribution in [1.29, 1.82) is 0 Å². The van der Waals surface area contributed by atoms with E-state index in [1.54, 1.807) is 82.3 Å². The Morgan fingerprint density at radius 3 is 1.95 bits per heavy atom. The van der Waals surface area contributed by atoms with Gasteiger partial charge in [0.15, 0.2) is 6.10 Å². The van der Waals surface area contributed by atoms with E-state index in [1.165, 1.54) is 47.4 Å². The van der Waals surface area contributed by atoms with Crippen molar-refractivity contribution in [2.75, 3.05) is 26.2 Å². The number of hydrogen-bond donors (Lipinski definition) is 9. The van der Waals surface area contributed by atoms with Gasteiger partial charge in [0.2, 0.25) is 32.0 Å². The highest BCUT2D eigenvalue weighted by molar-refractivity contribution is 7.90. The number of hydrogen-bond acceptors (Lipinski definition) is 15. The molecule has 10 N–H and O–H groups in total. The monoisotopic (exact) mass is 1420 g/mol. The molecule has 6 aromatic carbocycles. The van der Waals surface area contributed by atoms with Crippen LogP contribution in [0.1, 0.15) is 122 Å². The van der Waals surface area contributed by atoms with E-state index in [9.17, 15) is 52.2 Å². The molecule has 1 fully saturated rings. The molecule has 101 heavy (non-hydrogen) atoms. The quantitative estimate of drug-likeness (QED) is 0.00536. The Bertz CT molecular complexity index is 4090. The molecule has 0 spiro atoms. The number of rotatable bonds is 29. The van der Waals surface area contributed by atoms with Crippen LogP contribution in [0.25, 0.3) is 11.1 Å². The van der Waals surface area contributed by atoms with E-state index < -0.39 is 120 Å². The number of carbonyl (C=O) groups is 8. The van der Waals surface area contributed by atoms with Crippen molar-refractivity contribution in [1.82, 2.24) is 36.2 Å². The first-order valence-corrected chi connectivity index (χ1v) is 37.9. The Kier molecular flexibility index (Phi) is 25.6. The SMILES string of the molecule is Cc1ccc(S(=O)(=O)NC(N)=NCCC[C@H](NC(=O)[C@@H]2CCCN2C(=O)OCC2c3ccccc3-c3ccccc32)C(O)C(=O)N[C@H](Cc2ccccc2)C(=O)N[C@H](/C=C/C(=O)NCC(NC(=O)c2ccccc2C(=O)O)C(=O)OC(C)(C)C)Cc2ccc(O[Si](C)(C)C(C)(C)C)cc2)cc1. The van der Waals surface area contributed by atoms with Crippen molar-refractivity contribution < 1.29 is 70.9 Å². The van der Waals surface area contributed by atoms with Crippen molar-refractivity contribution in [3.63, 3.8) is 0 Å². The van der Waals surface area contributed by atoms with Crippen molar-refractivity contribution in [3.8, 4) is 16.9 Å². The van der Waals surface area contributed by atoms with Gasteiger partial charge in [-0.1, -0.05) is 148 Å². The summed E-state index contributed by atoms with van der Waals surface area (Å²) in [5.41, 5.74) is 10.7. The molecule has 1 aliphatic carbocycles. The van der Waals surface area contributed by atoms with Gasteiger partial charge in [0, 0.05) is 38.0 Å².